The van der Waals surface area contributed by atoms with Gasteiger partial charge in [0.15, 0.2) is 0 Å². The lowest BCUT2D eigenvalue weighted by Gasteiger charge is -2.33. The normalized spacial score (nSPS) is 20.8. The van der Waals surface area contributed by atoms with E-state index >= 15 is 0 Å². The quantitative estimate of drug-likeness (QED) is 0.847. The molecule has 0 bridgehead atoms. The summed E-state index contributed by atoms with van der Waals surface area (Å²) in [4.78, 5) is 20.8. The molecule has 3 heterocycles. The number of amides is 1. The van der Waals surface area contributed by atoms with E-state index in [-0.39, 0.29) is 17.7 Å². The molecule has 0 spiro atoms. The third-order valence-electron chi connectivity index (χ3n) is 4.21. The van der Waals surface area contributed by atoms with Crippen LogP contribution in [0.3, 0.4) is 0 Å². The molecule has 2 fully saturated rings. The number of halogens is 1. The summed E-state index contributed by atoms with van der Waals surface area (Å²) >= 11 is 6.19. The number of pyridine rings is 1. The van der Waals surface area contributed by atoms with Crippen LogP contribution in [-0.2, 0) is 4.74 Å². The Morgan fingerprint density at radius 3 is 2.67 bits per heavy atom. The number of hydrogen-bond acceptors (Lipinski definition) is 5. The Balaban J connectivity index is 1.61. The van der Waals surface area contributed by atoms with Gasteiger partial charge in [-0.05, 0) is 33.3 Å². The zero-order valence-electron chi connectivity index (χ0n) is 14.5. The summed E-state index contributed by atoms with van der Waals surface area (Å²) in [6.07, 6.45) is 1.53. The highest BCUT2D eigenvalue weighted by Crippen LogP contribution is 2.29. The highest BCUT2D eigenvalue weighted by atomic mass is 35.5. The van der Waals surface area contributed by atoms with Crippen molar-refractivity contribution in [3.63, 3.8) is 0 Å². The number of rotatable bonds is 3. The summed E-state index contributed by atoms with van der Waals surface area (Å²) in [7, 11) is 0. The van der Waals surface area contributed by atoms with Gasteiger partial charge in [0.05, 0.1) is 6.54 Å². The topological polar surface area (TPSA) is 57.7 Å². The standard InChI is InChI=1S/C17H25ClN4O2/c1-17(2,3)20-16(23)24-13-5-8-22(11-13)15-10-12(9-14(18)19-15)21-6-4-7-21/h9-10,13H,4-8,11H2,1-3H3,(H,20,23)/t13-/m0/s1. The average Bonchev–Trinajstić information content (AvgIpc) is 2.82. The fourth-order valence-electron chi connectivity index (χ4n) is 2.91. The van der Waals surface area contributed by atoms with Gasteiger partial charge in [0.2, 0.25) is 0 Å². The lowest BCUT2D eigenvalue weighted by Crippen LogP contribution is -2.42. The molecular formula is C17H25ClN4O2. The van der Waals surface area contributed by atoms with Crippen LogP contribution >= 0.6 is 11.6 Å². The Morgan fingerprint density at radius 1 is 1.29 bits per heavy atom. The molecule has 1 aromatic rings. The van der Waals surface area contributed by atoms with Crippen LogP contribution in [0.15, 0.2) is 12.1 Å². The summed E-state index contributed by atoms with van der Waals surface area (Å²) in [5, 5.41) is 3.33. The Morgan fingerprint density at radius 2 is 2.04 bits per heavy atom. The van der Waals surface area contributed by atoms with Crippen LogP contribution in [0.5, 0.6) is 0 Å². The zero-order chi connectivity index (χ0) is 17.3. The van der Waals surface area contributed by atoms with Gasteiger partial charge in [-0.2, -0.15) is 0 Å². The molecule has 3 rings (SSSR count). The van der Waals surface area contributed by atoms with Crippen molar-refractivity contribution in [3.8, 4) is 0 Å². The number of aromatic nitrogens is 1. The van der Waals surface area contributed by atoms with E-state index in [0.717, 1.165) is 37.6 Å². The lowest BCUT2D eigenvalue weighted by molar-refractivity contribution is 0.101. The first-order chi connectivity index (χ1) is 11.3. The van der Waals surface area contributed by atoms with Gasteiger partial charge in [0.1, 0.15) is 17.1 Å². The van der Waals surface area contributed by atoms with Crippen LogP contribution in [-0.4, -0.2) is 48.9 Å². The van der Waals surface area contributed by atoms with Crippen molar-refractivity contribution in [2.45, 2.75) is 45.3 Å². The SMILES string of the molecule is CC(C)(C)NC(=O)O[C@H]1CCN(c2cc(N3CCC3)cc(Cl)n2)C1. The first-order valence-corrected chi connectivity index (χ1v) is 8.84. The third kappa shape index (κ3) is 4.23. The van der Waals surface area contributed by atoms with Gasteiger partial charge in [-0.3, -0.25) is 0 Å². The molecule has 0 radical (unpaired) electrons. The molecule has 0 unspecified atom stereocenters. The molecule has 2 saturated heterocycles. The van der Waals surface area contributed by atoms with Crippen LogP contribution in [0.4, 0.5) is 16.3 Å². The minimum atomic E-state index is -0.366. The van der Waals surface area contributed by atoms with Crippen LogP contribution in [0.1, 0.15) is 33.6 Å². The molecule has 1 aromatic heterocycles. The number of nitrogens with zero attached hydrogens (tertiary/aromatic N) is 3. The van der Waals surface area contributed by atoms with Crippen molar-refractivity contribution in [2.24, 2.45) is 0 Å². The molecule has 1 N–H and O–H groups in total. The Hall–Kier alpha value is -1.69. The summed E-state index contributed by atoms with van der Waals surface area (Å²) in [6.45, 7) is 9.38. The number of alkyl carbamates (subject to hydrolysis) is 1. The average molecular weight is 353 g/mol. The summed E-state index contributed by atoms with van der Waals surface area (Å²) < 4.78 is 5.52. The van der Waals surface area contributed by atoms with Gasteiger partial charge in [0.25, 0.3) is 0 Å². The van der Waals surface area contributed by atoms with Crippen LogP contribution in [0.25, 0.3) is 0 Å². The van der Waals surface area contributed by atoms with Crippen molar-refractivity contribution < 1.29 is 9.53 Å². The smallest absolute Gasteiger partial charge is 0.407 e. The van der Waals surface area contributed by atoms with Gasteiger partial charge in [0, 0.05) is 43.3 Å². The molecule has 2 aliphatic heterocycles. The molecule has 132 valence electrons. The minimum absolute atomic E-state index is 0.124. The molecule has 0 aromatic carbocycles. The predicted molar refractivity (Wildman–Crippen MR) is 96.1 cm³/mol. The van der Waals surface area contributed by atoms with Gasteiger partial charge < -0.3 is 19.9 Å². The van der Waals surface area contributed by atoms with Crippen LogP contribution < -0.4 is 15.1 Å². The molecule has 1 amide bonds. The molecule has 2 aliphatic rings. The maximum Gasteiger partial charge on any atom is 0.407 e. The van der Waals surface area contributed by atoms with Gasteiger partial charge in [-0.15, -0.1) is 0 Å². The van der Waals surface area contributed by atoms with Crippen molar-refractivity contribution in [3.05, 3.63) is 17.3 Å². The second-order valence-corrected chi connectivity index (χ2v) is 7.87. The van der Waals surface area contributed by atoms with Crippen LogP contribution in [0, 0.1) is 0 Å². The van der Waals surface area contributed by atoms with E-state index in [2.05, 4.69) is 26.2 Å². The first kappa shape index (κ1) is 17.1. The minimum Gasteiger partial charge on any atom is -0.444 e. The van der Waals surface area contributed by atoms with E-state index in [0.29, 0.717) is 11.7 Å². The highest BCUT2D eigenvalue weighted by Gasteiger charge is 2.28. The lowest BCUT2D eigenvalue weighted by atomic mass is 10.1. The van der Waals surface area contributed by atoms with Gasteiger partial charge >= 0.3 is 6.09 Å². The van der Waals surface area contributed by atoms with E-state index in [1.807, 2.05) is 26.8 Å². The molecular weight excluding hydrogens is 328 g/mol. The number of hydrogen-bond donors (Lipinski definition) is 1. The van der Waals surface area contributed by atoms with Gasteiger partial charge in [-0.25, -0.2) is 9.78 Å². The number of ether oxygens (including phenoxy) is 1. The molecule has 6 nitrogen and oxygen atoms in total. The van der Waals surface area contributed by atoms with E-state index in [1.54, 1.807) is 0 Å². The fraction of sp³-hybridized carbons (Fsp3) is 0.647. The Kier molecular flexibility index (Phi) is 4.76. The number of nitrogens with one attached hydrogen (secondary N) is 1. The van der Waals surface area contributed by atoms with Crippen molar-refractivity contribution in [1.82, 2.24) is 10.3 Å². The summed E-state index contributed by atoms with van der Waals surface area (Å²) in [6, 6.07) is 3.98. The molecule has 7 heteroatoms. The molecule has 0 aliphatic carbocycles. The summed E-state index contributed by atoms with van der Waals surface area (Å²) in [5.41, 5.74) is 0.821. The monoisotopic (exact) mass is 352 g/mol. The highest BCUT2D eigenvalue weighted by molar-refractivity contribution is 6.29. The van der Waals surface area contributed by atoms with E-state index in [9.17, 15) is 4.79 Å². The molecule has 24 heavy (non-hydrogen) atoms. The number of carbonyl (C=O) groups is 1. The second kappa shape index (κ2) is 6.67. The largest absolute Gasteiger partial charge is 0.444 e. The fourth-order valence-corrected chi connectivity index (χ4v) is 3.11. The van der Waals surface area contributed by atoms with E-state index in [4.69, 9.17) is 16.3 Å². The second-order valence-electron chi connectivity index (χ2n) is 7.48. The Labute approximate surface area is 148 Å². The first-order valence-electron chi connectivity index (χ1n) is 8.46. The van der Waals surface area contributed by atoms with Crippen molar-refractivity contribution in [2.75, 3.05) is 36.0 Å². The predicted octanol–water partition coefficient (Wildman–Crippen LogP) is 3.05. The summed E-state index contributed by atoms with van der Waals surface area (Å²) in [5.74, 6) is 0.853. The number of anilines is 2. The van der Waals surface area contributed by atoms with Crippen molar-refractivity contribution >= 4 is 29.2 Å². The third-order valence-corrected chi connectivity index (χ3v) is 4.40. The van der Waals surface area contributed by atoms with E-state index in [1.165, 1.54) is 6.42 Å². The van der Waals surface area contributed by atoms with Crippen LogP contribution in [0.2, 0.25) is 5.15 Å². The zero-order valence-corrected chi connectivity index (χ0v) is 15.3. The van der Waals surface area contributed by atoms with Gasteiger partial charge in [-0.1, -0.05) is 11.6 Å². The molecule has 0 saturated carbocycles. The maximum absolute atomic E-state index is 11.9. The maximum atomic E-state index is 11.9. The van der Waals surface area contributed by atoms with Crippen molar-refractivity contribution in [1.29, 1.82) is 0 Å². The van der Waals surface area contributed by atoms with E-state index < -0.39 is 0 Å². The Bertz CT molecular complexity index is 613. The number of carbonyl (C=O) groups excluding carboxylic acids is 1. The molecule has 1 atom stereocenters.